The van der Waals surface area contributed by atoms with Gasteiger partial charge in [0.25, 0.3) is 0 Å². The second kappa shape index (κ2) is 50.7. The summed E-state index contributed by atoms with van der Waals surface area (Å²) in [4.78, 5) is 0. The first-order valence-electron chi connectivity index (χ1n) is 46.8. The third kappa shape index (κ3) is 66.5. The normalized spacial score (nSPS) is 16.0. The Morgan fingerprint density at radius 2 is 0.408 bits per heavy atom. The number of aliphatic hydroxyl groups is 6. The maximum absolute atomic E-state index is 10.6. The third-order valence-corrected chi connectivity index (χ3v) is 78.7. The van der Waals surface area contributed by atoms with E-state index in [9.17, 15) is 30.6 Å². The Morgan fingerprint density at radius 3 is 0.608 bits per heavy atom. The highest BCUT2D eigenvalue weighted by Gasteiger charge is 2.50. The van der Waals surface area contributed by atoms with Crippen molar-refractivity contribution < 1.29 is 80.0 Å². The lowest BCUT2D eigenvalue weighted by Gasteiger charge is -2.43. The molecule has 18 nitrogen and oxygen atoms in total. The molecule has 0 spiro atoms. The van der Waals surface area contributed by atoms with Crippen LogP contribution in [0.15, 0.2) is 0 Å². The topological polar surface area (TPSA) is 232 Å². The smallest absolute Gasteiger partial charge is 0.314 e. The molecule has 0 heterocycles. The van der Waals surface area contributed by atoms with Crippen molar-refractivity contribution in [3.63, 3.8) is 0 Å². The van der Waals surface area contributed by atoms with Crippen molar-refractivity contribution in [1.29, 1.82) is 0 Å². The largest absolute Gasteiger partial charge is 0.439 e. The van der Waals surface area contributed by atoms with E-state index in [1.807, 2.05) is 0 Å². The number of hydrogen-bond donors (Lipinski definition) is 6. The van der Waals surface area contributed by atoms with Crippen LogP contribution in [-0.4, -0.2) is 222 Å². The Hall–Kier alpha value is 3.18. The summed E-state index contributed by atoms with van der Waals surface area (Å²) in [5.74, 6) is 1.81. The van der Waals surface area contributed by atoms with Gasteiger partial charge in [0.05, 0.1) is 39.6 Å². The molecule has 0 aromatic carbocycles. The quantitative estimate of drug-likeness (QED) is 0.0311. The number of hydrogen-bond acceptors (Lipinski definition) is 18. The van der Waals surface area contributed by atoms with Crippen molar-refractivity contribution in [2.24, 2.45) is 50.7 Å². The average molecular weight is 2010 g/mol. The van der Waals surface area contributed by atoms with E-state index in [1.54, 1.807) is 0 Å². The molecule has 0 aliphatic rings. The second-order valence-corrected chi connectivity index (χ2v) is 127. The van der Waals surface area contributed by atoms with Gasteiger partial charge in [-0.25, -0.2) is 0 Å². The SMILES string of the molecule is CC(C)(CCC(CO)(CO)CCC(C)(C)C[Si](C)(O[Si](C)(C)C)O[Si](C)(C)C)C[SiH](O[Si](C)(C)C)O[Si](C)(C)C.CC(CCC(CO)(CO)CCC(C)C[Si](C)(O[Si](C)(C)C)O[Si](C)(C)C)C[Si](C)(O[Si](C)(C)C)O[Si](C)(C)C.CC(CCCC(CO)(CO)CCCC(C)C[Si](C)(O[Si](C)(C)C)O[Si](C)(C)C)C[Si](C)(O[Si](C)(C)C)O[Si](C)(C)C. The minimum absolute atomic E-state index is 0.00116. The predicted molar refractivity (Wildman–Crippen MR) is 566 cm³/mol. The van der Waals surface area contributed by atoms with E-state index in [0.717, 1.165) is 126 Å². The van der Waals surface area contributed by atoms with Gasteiger partial charge >= 0.3 is 52.1 Å². The summed E-state index contributed by atoms with van der Waals surface area (Å²) in [7, 11) is -34.2. The van der Waals surface area contributed by atoms with Gasteiger partial charge in [-0.2, -0.15) is 0 Å². The number of rotatable bonds is 62. The van der Waals surface area contributed by atoms with Gasteiger partial charge in [0.2, 0.25) is 0 Å². The molecule has 120 heavy (non-hydrogen) atoms. The van der Waals surface area contributed by atoms with E-state index in [2.05, 4.69) is 324 Å². The maximum Gasteiger partial charge on any atom is 0.314 e. The molecule has 0 radical (unpaired) electrons. The van der Waals surface area contributed by atoms with E-state index < -0.39 is 168 Å². The molecule has 0 aliphatic heterocycles. The molecule has 0 aromatic rings. The summed E-state index contributed by atoms with van der Waals surface area (Å²) < 4.78 is 80.6. The zero-order chi connectivity index (χ0) is 95.8. The molecule has 0 fully saturated rings. The molecule has 0 bridgehead atoms. The maximum atomic E-state index is 10.6. The van der Waals surface area contributed by atoms with E-state index in [4.69, 9.17) is 49.4 Å². The van der Waals surface area contributed by atoms with Gasteiger partial charge in [0.15, 0.2) is 99.8 Å². The zero-order valence-corrected chi connectivity index (χ0v) is 107. The Morgan fingerprint density at radius 1 is 0.225 bits per heavy atom. The Kier molecular flexibility index (Phi) is 53.8. The molecule has 0 aromatic heterocycles. The highest BCUT2D eigenvalue weighted by Crippen LogP contribution is 2.46. The summed E-state index contributed by atoms with van der Waals surface area (Å²) in [5.41, 5.74) is -1.36. The average Bonchev–Trinajstić information content (AvgIpc) is 0.802. The molecule has 36 heteroatoms. The van der Waals surface area contributed by atoms with Crippen LogP contribution in [0.4, 0.5) is 0 Å². The number of aliphatic hydroxyl groups excluding tert-OH is 6. The van der Waals surface area contributed by atoms with Gasteiger partial charge in [-0.15, -0.1) is 0 Å². The summed E-state index contributed by atoms with van der Waals surface area (Å²) in [6.45, 7) is 111. The van der Waals surface area contributed by atoms with E-state index in [1.165, 1.54) is 0 Å². The minimum Gasteiger partial charge on any atom is -0.439 e. The van der Waals surface area contributed by atoms with Crippen molar-refractivity contribution >= 4 is 152 Å². The summed E-state index contributed by atoms with van der Waals surface area (Å²) >= 11 is 0. The molecular formula is C84H210O18Si18. The van der Waals surface area contributed by atoms with Crippen LogP contribution in [0.3, 0.4) is 0 Å². The molecule has 0 aliphatic carbocycles. The molecule has 0 rings (SSSR count). The zero-order valence-electron chi connectivity index (χ0n) is 88.9. The summed E-state index contributed by atoms with van der Waals surface area (Å²) in [6.07, 6.45) is 12.8. The summed E-state index contributed by atoms with van der Waals surface area (Å²) in [6, 6.07) is 5.79. The molecule has 0 saturated carbocycles. The highest BCUT2D eigenvalue weighted by molar-refractivity contribution is 6.91. The van der Waals surface area contributed by atoms with Crippen LogP contribution in [-0.2, 0) is 49.4 Å². The van der Waals surface area contributed by atoms with E-state index in [0.29, 0.717) is 23.7 Å². The molecule has 0 amide bonds. The van der Waals surface area contributed by atoms with Crippen molar-refractivity contribution in [3.05, 3.63) is 0 Å². The van der Waals surface area contributed by atoms with Gasteiger partial charge in [-0.3, -0.25) is 0 Å². The van der Waals surface area contributed by atoms with Crippen LogP contribution in [0.5, 0.6) is 0 Å². The van der Waals surface area contributed by atoms with Gasteiger partial charge in [0, 0.05) is 16.2 Å². The molecule has 0 saturated heterocycles. The van der Waals surface area contributed by atoms with Crippen LogP contribution in [0.1, 0.15) is 145 Å². The lowest BCUT2D eigenvalue weighted by Crippen LogP contribution is -2.54. The lowest BCUT2D eigenvalue weighted by atomic mass is 9.73. The van der Waals surface area contributed by atoms with Crippen molar-refractivity contribution in [2.45, 2.75) is 450 Å². The van der Waals surface area contributed by atoms with Crippen LogP contribution in [0.25, 0.3) is 0 Å². The van der Waals surface area contributed by atoms with Crippen molar-refractivity contribution in [1.82, 2.24) is 0 Å². The van der Waals surface area contributed by atoms with Crippen molar-refractivity contribution in [2.75, 3.05) is 39.6 Å². The predicted octanol–water partition coefficient (Wildman–Crippen LogP) is 25.7. The van der Waals surface area contributed by atoms with Crippen LogP contribution in [0.2, 0.25) is 305 Å². The molecular weight excluding hydrogens is 1800 g/mol. The van der Waals surface area contributed by atoms with Crippen LogP contribution >= 0.6 is 0 Å². The fourth-order valence-corrected chi connectivity index (χ4v) is 92.0. The molecule has 726 valence electrons. The standard InChI is InChI=1S/C29H72O6Si6.C28H70O6Si6.C27H68O6Si6/c1-27(23-40(15,32-36(3,4)5)33-37(6,7)8)19-17-21-29(25-30,26-31)22-18-20-28(2)24-41(16,34-38(9,10)11)35-39(12,13)14;1-26(2,24-35(31-36(5,6)7)32-37(8,9)10)18-20-28(22-29,23-30)21-19-27(3,4)25-40(17,33-38(11,12)13)34-39(14,15)16;1-25(21-38(15,30-34(3,4)5)31-35(6,7)8)17-19-27(23-28,24-29)20-18-26(2)22-39(16,32-36(9,10)11)33-37(12,13)14/h27-28,30-31H,17-26H2,1-16H3;29-30,35H,18-25H2,1-17H3;25-26,28-29H,17-24H2,1-16H3. The van der Waals surface area contributed by atoms with Gasteiger partial charge < -0.3 is 80.0 Å². The van der Waals surface area contributed by atoms with Gasteiger partial charge in [-0.1, -0.05) is 93.9 Å². The first-order valence-corrected chi connectivity index (χ1v) is 102. The molecule has 6 N–H and O–H groups in total. The van der Waals surface area contributed by atoms with E-state index in [-0.39, 0.29) is 50.5 Å². The second-order valence-electron chi connectivity index (χ2n) is 52.0. The summed E-state index contributed by atoms with van der Waals surface area (Å²) in [5, 5.41) is 62.8. The fourth-order valence-electron chi connectivity index (χ4n) is 17.8. The molecule has 4 unspecified atom stereocenters. The highest BCUT2D eigenvalue weighted by atomic mass is 28.5. The Labute approximate surface area is 766 Å². The lowest BCUT2D eigenvalue weighted by molar-refractivity contribution is 0.0216. The molecule has 4 atom stereocenters. The van der Waals surface area contributed by atoms with Crippen LogP contribution < -0.4 is 0 Å². The Balaban J connectivity index is -0.00000171. The fraction of sp³-hybridized carbons (Fsp3) is 1.00. The minimum atomic E-state index is -2.40. The van der Waals surface area contributed by atoms with E-state index >= 15 is 0 Å². The third-order valence-electron chi connectivity index (χ3n) is 20.4. The van der Waals surface area contributed by atoms with Crippen molar-refractivity contribution in [3.8, 4) is 0 Å². The van der Waals surface area contributed by atoms with Gasteiger partial charge in [0.1, 0.15) is 0 Å². The van der Waals surface area contributed by atoms with Gasteiger partial charge in [-0.05, 0) is 391 Å². The van der Waals surface area contributed by atoms with Crippen LogP contribution in [0, 0.1) is 50.7 Å². The first-order chi connectivity index (χ1) is 52.7. The first kappa shape index (κ1) is 127. The Bertz CT molecular complexity index is 2570. The monoisotopic (exact) mass is 2010 g/mol.